The smallest absolute Gasteiger partial charge is 0.310 e. The van der Waals surface area contributed by atoms with Gasteiger partial charge < -0.3 is 14.4 Å². The maximum absolute atomic E-state index is 13.7. The van der Waals surface area contributed by atoms with Crippen LogP contribution in [0.1, 0.15) is 17.5 Å². The summed E-state index contributed by atoms with van der Waals surface area (Å²) in [6.45, 7) is 1.66. The molecular weight excluding hydrogens is 363 g/mol. The molecule has 2 rings (SSSR count). The Bertz CT molecular complexity index is 875. The van der Waals surface area contributed by atoms with Crippen molar-refractivity contribution in [2.45, 2.75) is 19.8 Å². The van der Waals surface area contributed by atoms with Crippen molar-refractivity contribution in [1.29, 1.82) is 5.26 Å². The van der Waals surface area contributed by atoms with Crippen LogP contribution in [0.25, 0.3) is 0 Å². The van der Waals surface area contributed by atoms with Crippen LogP contribution in [0.5, 0.6) is 5.75 Å². The Morgan fingerprint density at radius 2 is 1.89 bits per heavy atom. The van der Waals surface area contributed by atoms with Crippen molar-refractivity contribution in [2.75, 3.05) is 25.2 Å². The lowest BCUT2D eigenvalue weighted by Crippen LogP contribution is -2.35. The van der Waals surface area contributed by atoms with Crippen LogP contribution >= 0.6 is 0 Å². The van der Waals surface area contributed by atoms with Crippen molar-refractivity contribution in [1.82, 2.24) is 0 Å². The number of carbonyl (C=O) groups excluding carboxylic acids is 2. The molecule has 0 saturated heterocycles. The molecule has 0 spiro atoms. The number of amides is 1. The number of methoxy groups -OCH3 is 1. The Morgan fingerprint density at radius 1 is 1.18 bits per heavy atom. The number of nitrogens with zero attached hydrogens (tertiary/aromatic N) is 2. The Labute approximate surface area is 163 Å². The van der Waals surface area contributed by atoms with Crippen LogP contribution in [0.3, 0.4) is 0 Å². The number of carbonyl (C=O) groups is 2. The van der Waals surface area contributed by atoms with E-state index in [-0.39, 0.29) is 25.1 Å². The topological polar surface area (TPSA) is 79.6 Å². The van der Waals surface area contributed by atoms with E-state index >= 15 is 0 Å². The molecule has 0 aliphatic carbocycles. The van der Waals surface area contributed by atoms with E-state index in [0.29, 0.717) is 11.3 Å². The molecule has 0 aromatic heterocycles. The minimum absolute atomic E-state index is 0.0820. The fourth-order valence-corrected chi connectivity index (χ4v) is 2.54. The summed E-state index contributed by atoms with van der Waals surface area (Å²) in [4.78, 5) is 25.9. The van der Waals surface area contributed by atoms with E-state index in [0.717, 1.165) is 5.56 Å². The highest BCUT2D eigenvalue weighted by Crippen LogP contribution is 2.18. The van der Waals surface area contributed by atoms with Gasteiger partial charge in [-0.25, -0.2) is 4.39 Å². The first-order valence-corrected chi connectivity index (χ1v) is 8.66. The number of hydrogen-bond acceptors (Lipinski definition) is 5. The van der Waals surface area contributed by atoms with Crippen molar-refractivity contribution >= 4 is 17.6 Å². The SMILES string of the molecule is COc1ccc(CC(=O)OCC(=O)N(CCC#N)c2ccc(C)cc2)cc1F. The molecule has 2 aromatic rings. The molecule has 146 valence electrons. The summed E-state index contributed by atoms with van der Waals surface area (Å²) < 4.78 is 23.6. The molecule has 0 unspecified atom stereocenters. The molecule has 0 aliphatic rings. The van der Waals surface area contributed by atoms with E-state index in [1.54, 1.807) is 18.2 Å². The van der Waals surface area contributed by atoms with E-state index < -0.39 is 24.3 Å². The minimum Gasteiger partial charge on any atom is -0.494 e. The molecule has 0 heterocycles. The standard InChI is InChI=1S/C21H21FN2O4/c1-15-4-7-17(8-5-15)24(11-3-10-23)20(25)14-28-21(26)13-16-6-9-19(27-2)18(22)12-16/h4-9,12H,3,11,13-14H2,1-2H3. The normalized spacial score (nSPS) is 10.1. The zero-order chi connectivity index (χ0) is 20.5. The molecule has 0 saturated carbocycles. The second-order valence-corrected chi connectivity index (χ2v) is 6.10. The number of ether oxygens (including phenoxy) is 2. The zero-order valence-electron chi connectivity index (χ0n) is 15.8. The van der Waals surface area contributed by atoms with Crippen molar-refractivity contribution in [3.05, 3.63) is 59.4 Å². The van der Waals surface area contributed by atoms with Gasteiger partial charge in [0.2, 0.25) is 0 Å². The van der Waals surface area contributed by atoms with Crippen molar-refractivity contribution in [2.24, 2.45) is 0 Å². The monoisotopic (exact) mass is 384 g/mol. The van der Waals surface area contributed by atoms with E-state index in [9.17, 15) is 14.0 Å². The van der Waals surface area contributed by atoms with Crippen LogP contribution in [0.4, 0.5) is 10.1 Å². The number of nitriles is 1. The molecule has 0 atom stereocenters. The van der Waals surface area contributed by atoms with Gasteiger partial charge in [-0.1, -0.05) is 23.8 Å². The van der Waals surface area contributed by atoms with Gasteiger partial charge in [0.25, 0.3) is 5.91 Å². The maximum atomic E-state index is 13.7. The van der Waals surface area contributed by atoms with Gasteiger partial charge in [0, 0.05) is 12.2 Å². The predicted molar refractivity (Wildman–Crippen MR) is 101 cm³/mol. The first-order chi connectivity index (χ1) is 13.4. The van der Waals surface area contributed by atoms with E-state index in [2.05, 4.69) is 0 Å². The average Bonchev–Trinajstić information content (AvgIpc) is 2.68. The highest BCUT2D eigenvalue weighted by molar-refractivity contribution is 5.95. The molecule has 0 radical (unpaired) electrons. The lowest BCUT2D eigenvalue weighted by atomic mass is 10.1. The van der Waals surface area contributed by atoms with Crippen molar-refractivity contribution < 1.29 is 23.5 Å². The molecule has 0 bridgehead atoms. The molecule has 0 N–H and O–H groups in total. The van der Waals surface area contributed by atoms with E-state index in [4.69, 9.17) is 14.7 Å². The Kier molecular flexibility index (Phi) is 7.52. The molecule has 0 aliphatic heterocycles. The van der Waals surface area contributed by atoms with Gasteiger partial charge in [-0.2, -0.15) is 5.26 Å². The number of benzene rings is 2. The second kappa shape index (κ2) is 10.1. The minimum atomic E-state index is -0.651. The average molecular weight is 384 g/mol. The van der Waals surface area contributed by atoms with Crippen LogP contribution in [-0.2, 0) is 20.7 Å². The van der Waals surface area contributed by atoms with Crippen LogP contribution in [-0.4, -0.2) is 32.1 Å². The van der Waals surface area contributed by atoms with Crippen molar-refractivity contribution in [3.8, 4) is 11.8 Å². The van der Waals surface area contributed by atoms with Gasteiger partial charge in [-0.05, 0) is 36.8 Å². The lowest BCUT2D eigenvalue weighted by Gasteiger charge is -2.21. The second-order valence-electron chi connectivity index (χ2n) is 6.10. The van der Waals surface area contributed by atoms with Gasteiger partial charge in [0.1, 0.15) is 0 Å². The first-order valence-electron chi connectivity index (χ1n) is 8.66. The molecule has 1 amide bonds. The van der Waals surface area contributed by atoms with E-state index in [1.807, 2.05) is 25.1 Å². The highest BCUT2D eigenvalue weighted by Gasteiger charge is 2.18. The van der Waals surface area contributed by atoms with Gasteiger partial charge in [-0.3, -0.25) is 9.59 Å². The Morgan fingerprint density at radius 3 is 2.50 bits per heavy atom. The number of halogens is 1. The zero-order valence-corrected chi connectivity index (χ0v) is 15.8. The maximum Gasteiger partial charge on any atom is 0.310 e. The lowest BCUT2D eigenvalue weighted by molar-refractivity contribution is -0.147. The summed E-state index contributed by atoms with van der Waals surface area (Å²) in [5, 5.41) is 8.82. The van der Waals surface area contributed by atoms with Crippen molar-refractivity contribution in [3.63, 3.8) is 0 Å². The Hall–Kier alpha value is -3.40. The summed E-state index contributed by atoms with van der Waals surface area (Å²) in [6, 6.07) is 13.4. The fourth-order valence-electron chi connectivity index (χ4n) is 2.54. The van der Waals surface area contributed by atoms with Crippen LogP contribution < -0.4 is 9.64 Å². The van der Waals surface area contributed by atoms with Gasteiger partial charge in [0.15, 0.2) is 18.2 Å². The number of aryl methyl sites for hydroxylation is 1. The molecule has 6 nitrogen and oxygen atoms in total. The van der Waals surface area contributed by atoms with E-state index in [1.165, 1.54) is 24.1 Å². The fraction of sp³-hybridized carbons (Fsp3) is 0.286. The van der Waals surface area contributed by atoms with Gasteiger partial charge >= 0.3 is 5.97 Å². The summed E-state index contributed by atoms with van der Waals surface area (Å²) in [5.74, 6) is -1.58. The summed E-state index contributed by atoms with van der Waals surface area (Å²) >= 11 is 0. The molecular formula is C21H21FN2O4. The molecule has 2 aromatic carbocycles. The summed E-state index contributed by atoms with van der Waals surface area (Å²) in [6.07, 6.45) is -0.0182. The summed E-state index contributed by atoms with van der Waals surface area (Å²) in [5.41, 5.74) is 2.07. The molecule has 28 heavy (non-hydrogen) atoms. The van der Waals surface area contributed by atoms with Crippen LogP contribution in [0.2, 0.25) is 0 Å². The quantitative estimate of drug-likeness (QED) is 0.653. The number of rotatable bonds is 8. The third-order valence-electron chi connectivity index (χ3n) is 4.02. The van der Waals surface area contributed by atoms with Crippen LogP contribution in [0, 0.1) is 24.1 Å². The third-order valence-corrected chi connectivity index (χ3v) is 4.02. The third kappa shape index (κ3) is 5.81. The highest BCUT2D eigenvalue weighted by atomic mass is 19.1. The molecule has 7 heteroatoms. The number of hydrogen-bond donors (Lipinski definition) is 0. The predicted octanol–water partition coefficient (Wildman–Crippen LogP) is 3.18. The number of anilines is 1. The van der Waals surface area contributed by atoms with Crippen LogP contribution in [0.15, 0.2) is 42.5 Å². The summed E-state index contributed by atoms with van der Waals surface area (Å²) in [7, 11) is 1.35. The van der Waals surface area contributed by atoms with Gasteiger partial charge in [-0.15, -0.1) is 0 Å². The molecule has 0 fully saturated rings. The largest absolute Gasteiger partial charge is 0.494 e. The number of esters is 1. The first kappa shape index (κ1) is 20.9. The Balaban J connectivity index is 1.97. The van der Waals surface area contributed by atoms with Gasteiger partial charge in [0.05, 0.1) is 26.0 Å².